The third-order valence-corrected chi connectivity index (χ3v) is 10.9. The number of hydrogen-bond donors (Lipinski definition) is 2. The zero-order valence-electron chi connectivity index (χ0n) is 16.9. The lowest BCUT2D eigenvalue weighted by atomic mass is 10.1. The van der Waals surface area contributed by atoms with Gasteiger partial charge in [-0.1, -0.05) is 39.8 Å². The molecule has 0 spiro atoms. The number of rotatable bonds is 8. The first-order valence-corrected chi connectivity index (χ1v) is 13.0. The van der Waals surface area contributed by atoms with Gasteiger partial charge in [-0.2, -0.15) is 0 Å². The van der Waals surface area contributed by atoms with Crippen LogP contribution in [0.1, 0.15) is 53.4 Å². The maximum absolute atomic E-state index is 9.96. The summed E-state index contributed by atoms with van der Waals surface area (Å²) in [6.07, 6.45) is 6.37. The molecule has 0 unspecified atom stereocenters. The molecule has 0 saturated carbocycles. The van der Waals surface area contributed by atoms with Gasteiger partial charge in [-0.3, -0.25) is 0 Å². The summed E-state index contributed by atoms with van der Waals surface area (Å²) in [5.41, 5.74) is 0. The van der Waals surface area contributed by atoms with Crippen LogP contribution in [0.15, 0.2) is 12.2 Å². The molecule has 0 aliphatic carbocycles. The van der Waals surface area contributed by atoms with Crippen LogP contribution in [-0.2, 0) is 13.9 Å². The number of fused-ring (bicyclic) bond motifs is 1. The average Bonchev–Trinajstić information content (AvgIpc) is 3.10. The van der Waals surface area contributed by atoms with E-state index in [0.29, 0.717) is 6.42 Å². The van der Waals surface area contributed by atoms with Crippen molar-refractivity contribution >= 4 is 8.32 Å². The van der Waals surface area contributed by atoms with Crippen molar-refractivity contribution in [1.29, 1.82) is 0 Å². The molecule has 1 fully saturated rings. The monoisotopic (exact) mass is 386 g/mol. The molecule has 0 aromatic carbocycles. The van der Waals surface area contributed by atoms with E-state index in [1.807, 2.05) is 0 Å². The summed E-state index contributed by atoms with van der Waals surface area (Å²) < 4.78 is 19.3. The van der Waals surface area contributed by atoms with Gasteiger partial charge in [0.2, 0.25) is 0 Å². The van der Waals surface area contributed by atoms with Gasteiger partial charge < -0.3 is 24.1 Å². The highest BCUT2D eigenvalue weighted by molar-refractivity contribution is 6.73. The summed E-state index contributed by atoms with van der Waals surface area (Å²) in [6, 6.07) is 3.41. The second-order valence-corrected chi connectivity index (χ2v) is 12.4. The summed E-state index contributed by atoms with van der Waals surface area (Å²) in [4.78, 5) is 0. The fourth-order valence-electron chi connectivity index (χ4n) is 4.19. The molecule has 2 heterocycles. The molecule has 26 heavy (non-hydrogen) atoms. The highest BCUT2D eigenvalue weighted by Crippen LogP contribution is 2.33. The van der Waals surface area contributed by atoms with E-state index < -0.39 is 14.4 Å². The van der Waals surface area contributed by atoms with Crippen LogP contribution in [0.3, 0.4) is 0 Å². The van der Waals surface area contributed by atoms with Crippen LogP contribution in [-0.4, -0.2) is 61.8 Å². The fourth-order valence-corrected chi connectivity index (χ4v) is 7.08. The van der Waals surface area contributed by atoms with Crippen LogP contribution in [0.25, 0.3) is 0 Å². The SMILES string of the molecule is CC[C@H]1O[C@H]2C[C@H]([C@@H](O)CO)O[C@H]2C/C=C\C[C@@H]1O[Si](CC)(CC)CC. The molecule has 0 aromatic heterocycles. The molecule has 2 aliphatic heterocycles. The van der Waals surface area contributed by atoms with Crippen molar-refractivity contribution < 1.29 is 24.1 Å². The summed E-state index contributed by atoms with van der Waals surface area (Å²) in [5.74, 6) is 0. The number of hydrogen-bond acceptors (Lipinski definition) is 5. The zero-order valence-corrected chi connectivity index (χ0v) is 17.9. The second kappa shape index (κ2) is 10.3. The van der Waals surface area contributed by atoms with Crippen molar-refractivity contribution in [2.75, 3.05) is 6.61 Å². The van der Waals surface area contributed by atoms with E-state index in [9.17, 15) is 10.2 Å². The first kappa shape index (κ1) is 22.1. The average molecular weight is 387 g/mol. The van der Waals surface area contributed by atoms with E-state index in [4.69, 9.17) is 13.9 Å². The van der Waals surface area contributed by atoms with Crippen LogP contribution >= 0.6 is 0 Å². The standard InChI is InChI=1S/C20H38O5Si/c1-5-16-18(25-26(6-2,7-3)8-4)12-10-9-11-17-20(23-16)13-19(24-17)15(22)14-21/h9-10,15-22H,5-8,11-14H2,1-4H3/b10-9-/t15-,16+,17-,18-,19+,20-/m0/s1. The van der Waals surface area contributed by atoms with Gasteiger partial charge in [0.25, 0.3) is 0 Å². The highest BCUT2D eigenvalue weighted by atomic mass is 28.4. The van der Waals surface area contributed by atoms with Crippen molar-refractivity contribution in [3.63, 3.8) is 0 Å². The molecule has 1 saturated heterocycles. The molecule has 6 heteroatoms. The summed E-state index contributed by atoms with van der Waals surface area (Å²) in [5, 5.41) is 19.2. The summed E-state index contributed by atoms with van der Waals surface area (Å²) >= 11 is 0. The van der Waals surface area contributed by atoms with Crippen LogP contribution in [0.2, 0.25) is 18.1 Å². The molecule has 5 nitrogen and oxygen atoms in total. The molecule has 0 amide bonds. The Morgan fingerprint density at radius 3 is 2.27 bits per heavy atom. The van der Waals surface area contributed by atoms with E-state index in [-0.39, 0.29) is 37.1 Å². The smallest absolute Gasteiger partial charge is 0.192 e. The molecule has 2 rings (SSSR count). The Bertz CT molecular complexity index is 432. The third kappa shape index (κ3) is 5.18. The molecule has 0 aromatic rings. The van der Waals surface area contributed by atoms with Gasteiger partial charge in [0.1, 0.15) is 6.10 Å². The topological polar surface area (TPSA) is 68.2 Å². The second-order valence-electron chi connectivity index (χ2n) is 7.66. The van der Waals surface area contributed by atoms with Crippen LogP contribution in [0.4, 0.5) is 0 Å². The first-order valence-electron chi connectivity index (χ1n) is 10.4. The van der Waals surface area contributed by atoms with Crippen LogP contribution in [0, 0.1) is 0 Å². The number of ether oxygens (including phenoxy) is 2. The Kier molecular flexibility index (Phi) is 8.77. The predicted molar refractivity (Wildman–Crippen MR) is 106 cm³/mol. The van der Waals surface area contributed by atoms with Crippen molar-refractivity contribution in [2.45, 2.75) is 108 Å². The normalized spacial score (nSPS) is 35.2. The van der Waals surface area contributed by atoms with Crippen molar-refractivity contribution in [2.24, 2.45) is 0 Å². The van der Waals surface area contributed by atoms with Gasteiger partial charge in [0.15, 0.2) is 8.32 Å². The molecule has 0 bridgehead atoms. The fraction of sp³-hybridized carbons (Fsp3) is 0.900. The summed E-state index contributed by atoms with van der Waals surface area (Å²) in [6.45, 7) is 8.65. The first-order chi connectivity index (χ1) is 12.5. The Labute approximate surface area is 159 Å². The minimum absolute atomic E-state index is 0.0374. The Balaban J connectivity index is 2.14. The number of aliphatic hydroxyl groups excluding tert-OH is 2. The number of aliphatic hydroxyl groups is 2. The van der Waals surface area contributed by atoms with Gasteiger partial charge in [-0.15, -0.1) is 0 Å². The van der Waals surface area contributed by atoms with E-state index in [1.165, 1.54) is 0 Å². The molecular formula is C20H38O5Si. The lowest BCUT2D eigenvalue weighted by Gasteiger charge is -2.37. The third-order valence-electron chi connectivity index (χ3n) is 6.25. The molecule has 152 valence electrons. The lowest BCUT2D eigenvalue weighted by molar-refractivity contribution is -0.0985. The quantitative estimate of drug-likeness (QED) is 0.494. The van der Waals surface area contributed by atoms with Gasteiger partial charge in [-0.05, 0) is 37.4 Å². The highest BCUT2D eigenvalue weighted by Gasteiger charge is 2.42. The van der Waals surface area contributed by atoms with Crippen molar-refractivity contribution in [3.05, 3.63) is 12.2 Å². The molecule has 6 atom stereocenters. The van der Waals surface area contributed by atoms with Crippen molar-refractivity contribution in [1.82, 2.24) is 0 Å². The molecular weight excluding hydrogens is 348 g/mol. The van der Waals surface area contributed by atoms with Crippen molar-refractivity contribution in [3.8, 4) is 0 Å². The minimum atomic E-state index is -1.71. The Hall–Kier alpha value is -0.243. The van der Waals surface area contributed by atoms with E-state index >= 15 is 0 Å². The Morgan fingerprint density at radius 2 is 1.69 bits per heavy atom. The maximum atomic E-state index is 9.96. The van der Waals surface area contributed by atoms with E-state index in [0.717, 1.165) is 37.4 Å². The Morgan fingerprint density at radius 1 is 1.04 bits per heavy atom. The van der Waals surface area contributed by atoms with Gasteiger partial charge in [0.05, 0.1) is 37.1 Å². The largest absolute Gasteiger partial charge is 0.411 e. The molecule has 2 aliphatic rings. The lowest BCUT2D eigenvalue weighted by Crippen LogP contribution is -2.46. The zero-order chi connectivity index (χ0) is 19.2. The maximum Gasteiger partial charge on any atom is 0.192 e. The predicted octanol–water partition coefficient (Wildman–Crippen LogP) is 3.40. The molecule has 2 N–H and O–H groups in total. The van der Waals surface area contributed by atoms with Crippen LogP contribution < -0.4 is 0 Å². The minimum Gasteiger partial charge on any atom is -0.411 e. The van der Waals surface area contributed by atoms with E-state index in [2.05, 4.69) is 39.8 Å². The summed E-state index contributed by atoms with van der Waals surface area (Å²) in [7, 11) is -1.71. The van der Waals surface area contributed by atoms with Gasteiger partial charge in [-0.25, -0.2) is 0 Å². The molecule has 0 radical (unpaired) electrons. The van der Waals surface area contributed by atoms with E-state index in [1.54, 1.807) is 0 Å². The van der Waals surface area contributed by atoms with Gasteiger partial charge >= 0.3 is 0 Å². The van der Waals surface area contributed by atoms with Crippen LogP contribution in [0.5, 0.6) is 0 Å². The van der Waals surface area contributed by atoms with Gasteiger partial charge in [0, 0.05) is 6.42 Å².